The molecule has 1 rings (SSSR count). The maximum Gasteiger partial charge on any atom is 0.177 e. The number of hydrogen-bond acceptors (Lipinski definition) is 4. The van der Waals surface area contributed by atoms with Gasteiger partial charge in [-0.05, 0) is 26.1 Å². The van der Waals surface area contributed by atoms with Crippen molar-refractivity contribution in [1.29, 1.82) is 0 Å². The van der Waals surface area contributed by atoms with Crippen LogP contribution in [0.5, 0.6) is 11.5 Å². The second-order valence-corrected chi connectivity index (χ2v) is 3.86. The summed E-state index contributed by atoms with van der Waals surface area (Å²) >= 11 is 0. The molecule has 0 amide bonds. The number of hydrogen-bond donors (Lipinski definition) is 1. The van der Waals surface area contributed by atoms with E-state index < -0.39 is 6.17 Å². The van der Waals surface area contributed by atoms with Crippen LogP contribution in [0.2, 0.25) is 0 Å². The zero-order valence-corrected chi connectivity index (χ0v) is 11.0. The Morgan fingerprint density at radius 2 is 1.89 bits per heavy atom. The van der Waals surface area contributed by atoms with Crippen LogP contribution in [0.1, 0.15) is 29.0 Å². The number of Topliss-reactive ketones (excluding diaryl/α,β-unsaturated/α-hetero) is 1. The number of alkyl halides is 1. The van der Waals surface area contributed by atoms with E-state index in [0.29, 0.717) is 22.6 Å². The quantitative estimate of drug-likeness (QED) is 0.791. The molecule has 1 N–H and O–H groups in total. The number of ether oxygens (including phenoxy) is 2. The molecule has 1 unspecified atom stereocenters. The molecule has 0 aliphatic heterocycles. The lowest BCUT2D eigenvalue weighted by molar-refractivity contribution is 0.0990. The molecule has 0 heterocycles. The van der Waals surface area contributed by atoms with Gasteiger partial charge in [0.2, 0.25) is 0 Å². The molecule has 1 aromatic rings. The second-order valence-electron chi connectivity index (χ2n) is 3.86. The number of halogens is 1. The van der Waals surface area contributed by atoms with Crippen LogP contribution < -0.4 is 14.8 Å². The van der Waals surface area contributed by atoms with Crippen molar-refractivity contribution in [3.8, 4) is 11.5 Å². The van der Waals surface area contributed by atoms with Crippen molar-refractivity contribution >= 4 is 5.78 Å². The van der Waals surface area contributed by atoms with Gasteiger partial charge in [0.25, 0.3) is 0 Å². The van der Waals surface area contributed by atoms with Crippen LogP contribution in [-0.2, 0) is 0 Å². The maximum atomic E-state index is 13.6. The van der Waals surface area contributed by atoms with Gasteiger partial charge in [-0.2, -0.15) is 0 Å². The van der Waals surface area contributed by atoms with Gasteiger partial charge in [0.15, 0.2) is 17.3 Å². The van der Waals surface area contributed by atoms with Gasteiger partial charge in [-0.1, -0.05) is 0 Å². The molecule has 0 aliphatic rings. The van der Waals surface area contributed by atoms with Gasteiger partial charge in [0.05, 0.1) is 20.8 Å². The number of rotatable bonds is 6. The summed E-state index contributed by atoms with van der Waals surface area (Å²) in [6, 6.07) is 3.02. The average Bonchev–Trinajstić information content (AvgIpc) is 2.37. The van der Waals surface area contributed by atoms with Crippen LogP contribution in [0.4, 0.5) is 4.39 Å². The van der Waals surface area contributed by atoms with Crippen LogP contribution in [0, 0.1) is 0 Å². The fourth-order valence-electron chi connectivity index (χ4n) is 1.72. The normalized spacial score (nSPS) is 12.1. The number of benzene rings is 1. The van der Waals surface area contributed by atoms with Crippen molar-refractivity contribution in [2.45, 2.75) is 13.1 Å². The molecule has 0 fully saturated rings. The van der Waals surface area contributed by atoms with E-state index in [1.807, 2.05) is 0 Å². The van der Waals surface area contributed by atoms with E-state index in [-0.39, 0.29) is 12.3 Å². The smallest absolute Gasteiger partial charge is 0.177 e. The van der Waals surface area contributed by atoms with E-state index in [1.165, 1.54) is 33.3 Å². The second kappa shape index (κ2) is 6.35. The van der Waals surface area contributed by atoms with Crippen LogP contribution in [0.15, 0.2) is 12.1 Å². The minimum Gasteiger partial charge on any atom is -0.493 e. The topological polar surface area (TPSA) is 47.6 Å². The highest BCUT2D eigenvalue weighted by atomic mass is 19.1. The number of methoxy groups -OCH3 is 2. The summed E-state index contributed by atoms with van der Waals surface area (Å²) in [5.74, 6) is 0.650. The highest BCUT2D eigenvalue weighted by molar-refractivity contribution is 5.99. The predicted molar refractivity (Wildman–Crippen MR) is 67.3 cm³/mol. The number of nitrogens with one attached hydrogen (secondary N) is 1. The molecule has 0 radical (unpaired) electrons. The molecule has 0 aromatic heterocycles. The van der Waals surface area contributed by atoms with Crippen molar-refractivity contribution < 1.29 is 18.7 Å². The van der Waals surface area contributed by atoms with Crippen molar-refractivity contribution in [3.05, 3.63) is 23.3 Å². The molecular formula is C13H18FNO3. The van der Waals surface area contributed by atoms with Crippen molar-refractivity contribution in [2.75, 3.05) is 27.8 Å². The standard InChI is InChI=1S/C13H18FNO3/c1-8(14)9-5-12(17-3)13(18-4)6-10(9)11(16)7-15-2/h5-6,8,15H,7H2,1-4H3. The lowest BCUT2D eigenvalue weighted by atomic mass is 9.99. The van der Waals surface area contributed by atoms with E-state index in [2.05, 4.69) is 5.32 Å². The Labute approximate surface area is 106 Å². The van der Waals surface area contributed by atoms with Crippen molar-refractivity contribution in [3.63, 3.8) is 0 Å². The van der Waals surface area contributed by atoms with Crippen LogP contribution in [0.25, 0.3) is 0 Å². The third-order valence-electron chi connectivity index (χ3n) is 2.62. The highest BCUT2D eigenvalue weighted by Crippen LogP contribution is 2.34. The molecule has 0 bridgehead atoms. The Morgan fingerprint density at radius 3 is 2.33 bits per heavy atom. The van der Waals surface area contributed by atoms with Gasteiger partial charge >= 0.3 is 0 Å². The van der Waals surface area contributed by atoms with Gasteiger partial charge in [0, 0.05) is 11.1 Å². The summed E-state index contributed by atoms with van der Waals surface area (Å²) in [7, 11) is 4.61. The number of carbonyl (C=O) groups excluding carboxylic acids is 1. The highest BCUT2D eigenvalue weighted by Gasteiger charge is 2.19. The van der Waals surface area contributed by atoms with E-state index in [9.17, 15) is 9.18 Å². The van der Waals surface area contributed by atoms with Crippen LogP contribution >= 0.6 is 0 Å². The minimum absolute atomic E-state index is 0.148. The van der Waals surface area contributed by atoms with Gasteiger partial charge in [-0.3, -0.25) is 4.79 Å². The minimum atomic E-state index is -1.25. The fourth-order valence-corrected chi connectivity index (χ4v) is 1.72. The average molecular weight is 255 g/mol. The first-order valence-electron chi connectivity index (χ1n) is 5.62. The lowest BCUT2D eigenvalue weighted by Crippen LogP contribution is -2.20. The number of carbonyl (C=O) groups is 1. The van der Waals surface area contributed by atoms with Crippen molar-refractivity contribution in [1.82, 2.24) is 5.32 Å². The summed E-state index contributed by atoms with van der Waals surface area (Å²) in [5, 5.41) is 2.75. The molecular weight excluding hydrogens is 237 g/mol. The first-order chi connectivity index (χ1) is 8.54. The Hall–Kier alpha value is -1.62. The van der Waals surface area contributed by atoms with Gasteiger partial charge < -0.3 is 14.8 Å². The number of likely N-dealkylation sites (N-methyl/N-ethyl adjacent to an activating group) is 1. The maximum absolute atomic E-state index is 13.6. The fraction of sp³-hybridized carbons (Fsp3) is 0.462. The molecule has 1 aromatic carbocycles. The van der Waals surface area contributed by atoms with E-state index in [4.69, 9.17) is 9.47 Å². The van der Waals surface area contributed by atoms with Gasteiger partial charge in [-0.15, -0.1) is 0 Å². The predicted octanol–water partition coefficient (Wildman–Crippen LogP) is 2.14. The van der Waals surface area contributed by atoms with Crippen LogP contribution in [-0.4, -0.2) is 33.6 Å². The largest absolute Gasteiger partial charge is 0.493 e. The molecule has 18 heavy (non-hydrogen) atoms. The van der Waals surface area contributed by atoms with Crippen LogP contribution in [0.3, 0.4) is 0 Å². The summed E-state index contributed by atoms with van der Waals surface area (Å²) < 4.78 is 23.8. The molecule has 4 nitrogen and oxygen atoms in total. The molecule has 5 heteroatoms. The Balaban J connectivity index is 3.33. The lowest BCUT2D eigenvalue weighted by Gasteiger charge is -2.15. The van der Waals surface area contributed by atoms with Gasteiger partial charge in [0.1, 0.15) is 6.17 Å². The Morgan fingerprint density at radius 1 is 1.33 bits per heavy atom. The summed E-state index contributed by atoms with van der Waals surface area (Å²) in [6.45, 7) is 1.53. The Kier molecular flexibility index (Phi) is 5.09. The Bertz CT molecular complexity index is 432. The summed E-state index contributed by atoms with van der Waals surface area (Å²) in [4.78, 5) is 11.9. The summed E-state index contributed by atoms with van der Waals surface area (Å²) in [5.41, 5.74) is 0.630. The molecule has 0 spiro atoms. The van der Waals surface area contributed by atoms with Crippen molar-refractivity contribution in [2.24, 2.45) is 0 Å². The molecule has 100 valence electrons. The molecule has 1 atom stereocenters. The van der Waals surface area contributed by atoms with Gasteiger partial charge in [-0.25, -0.2) is 4.39 Å². The first kappa shape index (κ1) is 14.4. The molecule has 0 aliphatic carbocycles. The van der Waals surface area contributed by atoms with E-state index >= 15 is 0 Å². The zero-order valence-electron chi connectivity index (χ0n) is 11.0. The first-order valence-corrected chi connectivity index (χ1v) is 5.62. The third kappa shape index (κ3) is 2.98. The third-order valence-corrected chi connectivity index (χ3v) is 2.62. The molecule has 0 saturated heterocycles. The van der Waals surface area contributed by atoms with E-state index in [0.717, 1.165) is 0 Å². The molecule has 0 saturated carbocycles. The van der Waals surface area contributed by atoms with E-state index in [1.54, 1.807) is 7.05 Å². The number of ketones is 1. The SMILES string of the molecule is CNCC(=O)c1cc(OC)c(OC)cc1C(C)F. The summed E-state index contributed by atoms with van der Waals surface area (Å²) in [6.07, 6.45) is -1.25. The monoisotopic (exact) mass is 255 g/mol. The zero-order chi connectivity index (χ0) is 13.7.